The van der Waals surface area contributed by atoms with Crippen LogP contribution in [0.3, 0.4) is 0 Å². The molecular weight excluding hydrogens is 577 g/mol. The van der Waals surface area contributed by atoms with Crippen LogP contribution in [-0.2, 0) is 22.2 Å². The molecule has 0 spiro atoms. The molecule has 188 valence electrons. The number of aliphatic imine (C=N–C) groups is 1. The normalized spacial score (nSPS) is 18.4. The molecule has 0 saturated heterocycles. The van der Waals surface area contributed by atoms with Crippen LogP contribution in [0.15, 0.2) is 75.8 Å². The Kier molecular flexibility index (Phi) is 5.92. The molecule has 2 aromatic carbocycles. The molecule has 37 heavy (non-hydrogen) atoms. The number of rotatable bonds is 5. The Labute approximate surface area is 231 Å². The molecule has 2 N–H and O–H groups in total. The summed E-state index contributed by atoms with van der Waals surface area (Å²) in [5.41, 5.74) is 7.90. The fourth-order valence-electron chi connectivity index (χ4n) is 4.71. The molecule has 0 aliphatic carbocycles. The van der Waals surface area contributed by atoms with Crippen molar-refractivity contribution in [3.8, 4) is 5.75 Å². The number of amidine groups is 1. The molecule has 2 aliphatic heterocycles. The van der Waals surface area contributed by atoms with Crippen molar-refractivity contribution in [2.45, 2.75) is 22.3 Å². The number of benzene rings is 2. The average Bonchev–Trinajstić information content (AvgIpc) is 3.50. The zero-order chi connectivity index (χ0) is 25.9. The first kappa shape index (κ1) is 24.6. The maximum atomic E-state index is 13.3. The van der Waals surface area contributed by atoms with Crippen molar-refractivity contribution in [2.75, 3.05) is 5.75 Å². The van der Waals surface area contributed by atoms with Gasteiger partial charge in [0.1, 0.15) is 27.4 Å². The van der Waals surface area contributed by atoms with Crippen LogP contribution < -0.4 is 9.92 Å². The second-order valence-corrected chi connectivity index (χ2v) is 12.0. The summed E-state index contributed by atoms with van der Waals surface area (Å²) in [4.78, 5) is 13.1. The Bertz CT molecular complexity index is 1700. The second-order valence-electron chi connectivity index (χ2n) is 8.31. The number of hydrogen-bond donors (Lipinski definition) is 1. The van der Waals surface area contributed by atoms with E-state index in [0.29, 0.717) is 34.4 Å². The molecule has 8 nitrogen and oxygen atoms in total. The molecule has 0 bridgehead atoms. The van der Waals surface area contributed by atoms with E-state index in [9.17, 15) is 8.42 Å². The van der Waals surface area contributed by atoms with E-state index in [1.807, 2.05) is 24.3 Å². The monoisotopic (exact) mass is 591 g/mol. The van der Waals surface area contributed by atoms with Crippen LogP contribution in [0.5, 0.6) is 5.75 Å². The Morgan fingerprint density at radius 1 is 0.973 bits per heavy atom. The third-order valence-electron chi connectivity index (χ3n) is 6.15. The first-order chi connectivity index (χ1) is 17.7. The maximum Gasteiger partial charge on any atom is 0.358 e. The van der Waals surface area contributed by atoms with Crippen LogP contribution in [0.2, 0.25) is 15.5 Å². The number of thioether (sulfide) groups is 1. The number of imidazole rings is 1. The van der Waals surface area contributed by atoms with Gasteiger partial charge in [-0.05, 0) is 41.0 Å². The summed E-state index contributed by atoms with van der Waals surface area (Å²) in [7, 11) is -4.29. The van der Waals surface area contributed by atoms with Gasteiger partial charge in [-0.3, -0.25) is 0 Å². The molecule has 0 radical (unpaired) electrons. The van der Waals surface area contributed by atoms with Crippen molar-refractivity contribution in [3.05, 3.63) is 98.4 Å². The number of nitrogens with two attached hydrogens (primary N) is 1. The highest BCUT2D eigenvalue weighted by Crippen LogP contribution is 2.47. The highest BCUT2D eigenvalue weighted by Gasteiger charge is 2.43. The van der Waals surface area contributed by atoms with E-state index >= 15 is 0 Å². The summed E-state index contributed by atoms with van der Waals surface area (Å²) in [6.45, 7) is 0.467. The number of aromatic nitrogens is 3. The van der Waals surface area contributed by atoms with Crippen LogP contribution in [0.25, 0.3) is 0 Å². The minimum atomic E-state index is -4.29. The van der Waals surface area contributed by atoms with Crippen molar-refractivity contribution in [2.24, 2.45) is 10.7 Å². The molecule has 0 saturated carbocycles. The van der Waals surface area contributed by atoms with Gasteiger partial charge in [0.05, 0.1) is 0 Å². The van der Waals surface area contributed by atoms with Gasteiger partial charge in [-0.25, -0.2) is 15.0 Å². The first-order valence-electron chi connectivity index (χ1n) is 10.9. The topological polar surface area (TPSA) is 112 Å². The molecule has 4 heterocycles. The molecule has 1 unspecified atom stereocenters. The molecule has 1 atom stereocenters. The van der Waals surface area contributed by atoms with Gasteiger partial charge in [-0.1, -0.05) is 83.0 Å². The zero-order valence-electron chi connectivity index (χ0n) is 18.7. The van der Waals surface area contributed by atoms with Gasteiger partial charge in [0, 0.05) is 17.9 Å². The lowest BCUT2D eigenvalue weighted by molar-refractivity contribution is 0.471. The lowest BCUT2D eigenvalue weighted by atomic mass is 9.78. The van der Waals surface area contributed by atoms with Gasteiger partial charge in [0.15, 0.2) is 10.3 Å². The van der Waals surface area contributed by atoms with E-state index < -0.39 is 15.7 Å². The third-order valence-corrected chi connectivity index (χ3v) is 9.17. The predicted octanol–water partition coefficient (Wildman–Crippen LogP) is 5.12. The van der Waals surface area contributed by atoms with Crippen molar-refractivity contribution < 1.29 is 12.6 Å². The Morgan fingerprint density at radius 3 is 2.51 bits per heavy atom. The van der Waals surface area contributed by atoms with Crippen molar-refractivity contribution >= 4 is 62.5 Å². The van der Waals surface area contributed by atoms with Gasteiger partial charge in [0.25, 0.3) is 0 Å². The lowest BCUT2D eigenvalue weighted by Crippen LogP contribution is -2.26. The summed E-state index contributed by atoms with van der Waals surface area (Å²) in [5, 5.41) is 0.598. The van der Waals surface area contributed by atoms with Crippen LogP contribution >= 0.6 is 46.6 Å². The highest BCUT2D eigenvalue weighted by molar-refractivity contribution is 7.99. The van der Waals surface area contributed by atoms with E-state index in [1.165, 1.54) is 11.8 Å². The van der Waals surface area contributed by atoms with Gasteiger partial charge in [-0.15, -0.1) is 0 Å². The molecule has 13 heteroatoms. The number of halogens is 3. The summed E-state index contributed by atoms with van der Waals surface area (Å²) < 4.78 is 33.7. The summed E-state index contributed by atoms with van der Waals surface area (Å²) in [5.74, 6) is 1.09. The van der Waals surface area contributed by atoms with E-state index in [2.05, 4.69) is 9.97 Å². The Hall–Kier alpha value is -2.76. The SMILES string of the molecule is NC1=NC(c2cccc(OS(=O)(=O)c3c(Cl)nc4n3CCS4)c2)(c2cc(Cl)nc(Cl)c2)c2ccccc21. The van der Waals surface area contributed by atoms with E-state index in [-0.39, 0.29) is 26.2 Å². The van der Waals surface area contributed by atoms with Crippen molar-refractivity contribution in [1.29, 1.82) is 0 Å². The number of fused-ring (bicyclic) bond motifs is 2. The largest absolute Gasteiger partial charge is 0.383 e. The zero-order valence-corrected chi connectivity index (χ0v) is 22.6. The standard InChI is InChI=1S/C24H16Cl3N5O3S2/c25-18-11-14(12-19(26)29-18)24(17-7-2-1-6-16(17)21(28)31-24)13-4-3-5-15(10-13)35-37(33,34)22-20(27)30-23-32(22)8-9-36-23/h1-7,10-12H,8-9H2,(H2,28,31). The van der Waals surface area contributed by atoms with E-state index in [1.54, 1.807) is 41.0 Å². The van der Waals surface area contributed by atoms with Crippen molar-refractivity contribution in [1.82, 2.24) is 14.5 Å². The first-order valence-corrected chi connectivity index (χ1v) is 14.4. The fraction of sp³-hybridized carbons (Fsp3) is 0.125. The molecule has 2 aromatic heterocycles. The number of pyridine rings is 1. The quantitative estimate of drug-likeness (QED) is 0.253. The molecular formula is C24H16Cl3N5O3S2. The Morgan fingerprint density at radius 2 is 1.73 bits per heavy atom. The molecule has 0 amide bonds. The summed E-state index contributed by atoms with van der Waals surface area (Å²) in [6, 6.07) is 17.4. The molecule has 4 aromatic rings. The van der Waals surface area contributed by atoms with Gasteiger partial charge < -0.3 is 14.5 Å². The van der Waals surface area contributed by atoms with E-state index in [4.69, 9.17) is 49.7 Å². The van der Waals surface area contributed by atoms with Crippen LogP contribution in [0.4, 0.5) is 0 Å². The Balaban J connectivity index is 1.50. The van der Waals surface area contributed by atoms with Crippen LogP contribution in [0, 0.1) is 0 Å². The third kappa shape index (κ3) is 3.98. The fourth-order valence-corrected chi connectivity index (χ4v) is 7.83. The number of hydrogen-bond acceptors (Lipinski definition) is 8. The lowest BCUT2D eigenvalue weighted by Gasteiger charge is -2.29. The van der Waals surface area contributed by atoms with Gasteiger partial charge >= 0.3 is 10.1 Å². The highest BCUT2D eigenvalue weighted by atomic mass is 35.5. The van der Waals surface area contributed by atoms with Gasteiger partial charge in [0.2, 0.25) is 5.03 Å². The predicted molar refractivity (Wildman–Crippen MR) is 144 cm³/mol. The van der Waals surface area contributed by atoms with Crippen LogP contribution in [0.1, 0.15) is 22.3 Å². The second kappa shape index (κ2) is 8.92. The summed E-state index contributed by atoms with van der Waals surface area (Å²) >= 11 is 20.2. The minimum Gasteiger partial charge on any atom is -0.383 e. The molecule has 2 aliphatic rings. The number of nitrogens with zero attached hydrogens (tertiary/aromatic N) is 4. The smallest absolute Gasteiger partial charge is 0.358 e. The molecule has 0 fully saturated rings. The average molecular weight is 593 g/mol. The summed E-state index contributed by atoms with van der Waals surface area (Å²) in [6.07, 6.45) is 0. The van der Waals surface area contributed by atoms with Crippen molar-refractivity contribution in [3.63, 3.8) is 0 Å². The minimum absolute atomic E-state index is 0.0681. The maximum absolute atomic E-state index is 13.3. The van der Waals surface area contributed by atoms with Crippen LogP contribution in [-0.4, -0.2) is 34.5 Å². The van der Waals surface area contributed by atoms with Gasteiger partial charge in [-0.2, -0.15) is 8.42 Å². The van der Waals surface area contributed by atoms with E-state index in [0.717, 1.165) is 11.1 Å². The molecule has 6 rings (SSSR count).